The molecule has 0 bridgehead atoms. The fourth-order valence-electron chi connectivity index (χ4n) is 2.70. The molecule has 2 N–H and O–H groups in total. The molecule has 0 atom stereocenters. The van der Waals surface area contributed by atoms with Crippen molar-refractivity contribution < 1.29 is 9.21 Å². The number of carbonyl (C=O) groups excluding carboxylic acids is 1. The number of aromatic nitrogens is 1. The number of carbonyl (C=O) groups is 1. The van der Waals surface area contributed by atoms with E-state index in [2.05, 4.69) is 15.6 Å². The van der Waals surface area contributed by atoms with Crippen LogP contribution in [0.3, 0.4) is 0 Å². The minimum atomic E-state index is -0.233. The van der Waals surface area contributed by atoms with Gasteiger partial charge in [-0.25, -0.2) is 4.98 Å². The summed E-state index contributed by atoms with van der Waals surface area (Å²) in [4.78, 5) is 17.1. The Hall–Kier alpha value is -2.45. The Labute approximate surface area is 185 Å². The lowest BCUT2D eigenvalue weighted by Gasteiger charge is -2.09. The van der Waals surface area contributed by atoms with Gasteiger partial charge in [0.2, 0.25) is 0 Å². The molecular weight excluding hydrogens is 449 g/mol. The minimum absolute atomic E-state index is 0.233. The van der Waals surface area contributed by atoms with Crippen molar-refractivity contribution in [2.75, 3.05) is 5.32 Å². The van der Waals surface area contributed by atoms with Crippen molar-refractivity contribution in [1.82, 2.24) is 10.3 Å². The van der Waals surface area contributed by atoms with Gasteiger partial charge in [0, 0.05) is 17.1 Å². The van der Waals surface area contributed by atoms with Gasteiger partial charge in [-0.15, -0.1) is 11.3 Å². The van der Waals surface area contributed by atoms with E-state index in [0.29, 0.717) is 38.3 Å². The van der Waals surface area contributed by atoms with Crippen LogP contribution in [0.15, 0.2) is 58.3 Å². The molecule has 0 unspecified atom stereocenters. The van der Waals surface area contributed by atoms with Gasteiger partial charge in [-0.05, 0) is 53.5 Å². The summed E-state index contributed by atoms with van der Waals surface area (Å²) in [7, 11) is 0. The van der Waals surface area contributed by atoms with Gasteiger partial charge in [0.05, 0.1) is 9.90 Å². The molecule has 0 saturated carbocycles. The molecule has 0 fully saturated rings. The molecule has 2 heterocycles. The lowest BCUT2D eigenvalue weighted by molar-refractivity contribution is 0.0981. The Morgan fingerprint density at radius 1 is 1.17 bits per heavy atom. The molecule has 0 aliphatic heterocycles. The van der Waals surface area contributed by atoms with Gasteiger partial charge in [0.15, 0.2) is 16.6 Å². The van der Waals surface area contributed by atoms with Crippen LogP contribution in [0.4, 0.5) is 5.69 Å². The first-order valence-electron chi connectivity index (χ1n) is 8.47. The molecule has 4 aromatic rings. The molecule has 5 nitrogen and oxygen atoms in total. The maximum atomic E-state index is 12.0. The summed E-state index contributed by atoms with van der Waals surface area (Å²) in [6, 6.07) is 14.5. The number of hydrogen-bond acceptors (Lipinski definition) is 5. The molecule has 1 amide bonds. The number of thiocarbonyl (C=S) groups is 1. The number of nitrogens with zero attached hydrogens (tertiary/aromatic N) is 1. The van der Waals surface area contributed by atoms with Crippen molar-refractivity contribution in [3.63, 3.8) is 0 Å². The summed E-state index contributed by atoms with van der Waals surface area (Å²) in [5.41, 5.74) is 2.91. The predicted octanol–water partition coefficient (Wildman–Crippen LogP) is 5.91. The molecule has 2 aromatic heterocycles. The van der Waals surface area contributed by atoms with Crippen LogP contribution in [0.25, 0.3) is 11.1 Å². The number of amides is 1. The van der Waals surface area contributed by atoms with Crippen molar-refractivity contribution >= 4 is 74.6 Å². The second-order valence-corrected chi connectivity index (χ2v) is 8.30. The summed E-state index contributed by atoms with van der Waals surface area (Å²) in [6.45, 7) is 0. The highest BCUT2D eigenvalue weighted by Gasteiger charge is 2.12. The quantitative estimate of drug-likeness (QED) is 0.369. The molecule has 0 aliphatic carbocycles. The largest absolute Gasteiger partial charge is 0.439 e. The number of hydrogen-bond donors (Lipinski definition) is 2. The van der Waals surface area contributed by atoms with E-state index < -0.39 is 0 Å². The van der Waals surface area contributed by atoms with E-state index in [1.807, 2.05) is 35.7 Å². The lowest BCUT2D eigenvalue weighted by Crippen LogP contribution is -2.33. The van der Waals surface area contributed by atoms with Crippen molar-refractivity contribution in [2.45, 2.75) is 6.42 Å². The number of benzene rings is 2. The van der Waals surface area contributed by atoms with Gasteiger partial charge in [-0.1, -0.05) is 41.4 Å². The first kappa shape index (κ1) is 19.8. The fourth-order valence-corrected chi connectivity index (χ4v) is 4.05. The summed E-state index contributed by atoms with van der Waals surface area (Å²) in [6.07, 6.45) is 0.502. The predicted molar refractivity (Wildman–Crippen MR) is 121 cm³/mol. The van der Waals surface area contributed by atoms with Crippen LogP contribution in [0.5, 0.6) is 0 Å². The second kappa shape index (κ2) is 8.51. The van der Waals surface area contributed by atoms with Crippen LogP contribution in [-0.2, 0) is 6.42 Å². The molecule has 146 valence electrons. The summed E-state index contributed by atoms with van der Waals surface area (Å²) < 4.78 is 5.75. The van der Waals surface area contributed by atoms with Crippen molar-refractivity contribution in [3.8, 4) is 0 Å². The number of rotatable bonds is 4. The van der Waals surface area contributed by atoms with Gasteiger partial charge < -0.3 is 9.73 Å². The average molecular weight is 462 g/mol. The molecular formula is C20H13Cl2N3O2S2. The molecule has 29 heavy (non-hydrogen) atoms. The maximum absolute atomic E-state index is 12.0. The zero-order valence-electron chi connectivity index (χ0n) is 14.7. The molecule has 2 aromatic carbocycles. The minimum Gasteiger partial charge on any atom is -0.439 e. The smallest absolute Gasteiger partial charge is 0.267 e. The van der Waals surface area contributed by atoms with E-state index >= 15 is 0 Å². The van der Waals surface area contributed by atoms with Gasteiger partial charge >= 0.3 is 0 Å². The molecule has 0 aliphatic rings. The average Bonchev–Trinajstić information content (AvgIpc) is 3.33. The Morgan fingerprint density at radius 3 is 2.69 bits per heavy atom. The normalized spacial score (nSPS) is 10.8. The summed E-state index contributed by atoms with van der Waals surface area (Å²) in [5.74, 6) is 0.312. The van der Waals surface area contributed by atoms with E-state index in [9.17, 15) is 4.79 Å². The SMILES string of the molecule is O=C(NC(=S)Nc1ccc(Cc2nc3cc(Cl)cc(Cl)c3o2)cc1)c1cccs1. The number of thiophene rings is 1. The first-order chi connectivity index (χ1) is 14.0. The third kappa shape index (κ3) is 4.76. The van der Waals surface area contributed by atoms with Crippen molar-refractivity contribution in [1.29, 1.82) is 0 Å². The summed E-state index contributed by atoms with van der Waals surface area (Å²) >= 11 is 18.7. The van der Waals surface area contributed by atoms with Crippen LogP contribution >= 0.6 is 46.8 Å². The number of nitrogens with one attached hydrogen (secondary N) is 2. The van der Waals surface area contributed by atoms with E-state index in [1.165, 1.54) is 11.3 Å². The summed E-state index contributed by atoms with van der Waals surface area (Å²) in [5, 5.41) is 8.67. The van der Waals surface area contributed by atoms with Crippen LogP contribution in [0, 0.1) is 0 Å². The van der Waals surface area contributed by atoms with Gasteiger partial charge in [0.25, 0.3) is 5.91 Å². The third-order valence-electron chi connectivity index (χ3n) is 3.99. The van der Waals surface area contributed by atoms with Gasteiger partial charge in [-0.2, -0.15) is 0 Å². The first-order valence-corrected chi connectivity index (χ1v) is 10.5. The van der Waals surface area contributed by atoms with Crippen molar-refractivity contribution in [3.05, 3.63) is 80.3 Å². The Morgan fingerprint density at radius 2 is 1.97 bits per heavy atom. The number of oxazole rings is 1. The third-order valence-corrected chi connectivity index (χ3v) is 5.56. The second-order valence-electron chi connectivity index (χ2n) is 6.10. The highest BCUT2D eigenvalue weighted by atomic mass is 35.5. The molecule has 9 heteroatoms. The number of anilines is 1. The number of fused-ring (bicyclic) bond motifs is 1. The highest BCUT2D eigenvalue weighted by Crippen LogP contribution is 2.29. The molecule has 0 spiro atoms. The van der Waals surface area contributed by atoms with E-state index in [1.54, 1.807) is 18.2 Å². The Kier molecular flexibility index (Phi) is 5.82. The Bertz CT molecular complexity index is 1190. The van der Waals surface area contributed by atoms with E-state index in [0.717, 1.165) is 11.3 Å². The van der Waals surface area contributed by atoms with Crippen LogP contribution in [0.2, 0.25) is 10.0 Å². The fraction of sp³-hybridized carbons (Fsp3) is 0.0500. The van der Waals surface area contributed by atoms with Crippen molar-refractivity contribution in [2.24, 2.45) is 0 Å². The Balaban J connectivity index is 1.39. The monoisotopic (exact) mass is 461 g/mol. The molecule has 4 rings (SSSR count). The van der Waals surface area contributed by atoms with Gasteiger partial charge in [0.1, 0.15) is 5.52 Å². The molecule has 0 radical (unpaired) electrons. The van der Waals surface area contributed by atoms with Crippen LogP contribution < -0.4 is 10.6 Å². The van der Waals surface area contributed by atoms with E-state index in [-0.39, 0.29) is 11.0 Å². The lowest BCUT2D eigenvalue weighted by atomic mass is 10.1. The molecule has 0 saturated heterocycles. The topological polar surface area (TPSA) is 67.2 Å². The highest BCUT2D eigenvalue weighted by molar-refractivity contribution is 7.80. The zero-order chi connectivity index (χ0) is 20.4. The zero-order valence-corrected chi connectivity index (χ0v) is 17.9. The van der Waals surface area contributed by atoms with E-state index in [4.69, 9.17) is 39.8 Å². The van der Waals surface area contributed by atoms with Gasteiger partial charge in [-0.3, -0.25) is 10.1 Å². The standard InChI is InChI=1S/C20H13Cl2N3O2S2/c21-12-9-14(22)18-15(10-12)24-17(27-18)8-11-3-5-13(6-4-11)23-20(28)25-19(26)16-2-1-7-29-16/h1-7,9-10H,8H2,(H2,23,25,26,28). The number of halogens is 2. The maximum Gasteiger partial charge on any atom is 0.267 e. The van der Waals surface area contributed by atoms with Crippen LogP contribution in [-0.4, -0.2) is 16.0 Å². The van der Waals surface area contributed by atoms with Crippen LogP contribution in [0.1, 0.15) is 21.1 Å².